The second-order valence-corrected chi connectivity index (χ2v) is 4.94. The first-order valence-electron chi connectivity index (χ1n) is 6.40. The van der Waals surface area contributed by atoms with Crippen molar-refractivity contribution in [2.24, 2.45) is 0 Å². The van der Waals surface area contributed by atoms with Crippen LogP contribution in [-0.4, -0.2) is 38.7 Å². The summed E-state index contributed by atoms with van der Waals surface area (Å²) >= 11 is 5.93. The third-order valence-corrected chi connectivity index (χ3v) is 3.52. The molecule has 0 amide bonds. The molecule has 0 aromatic heterocycles. The summed E-state index contributed by atoms with van der Waals surface area (Å²) in [6, 6.07) is 5.01. The monoisotopic (exact) mass is 283 g/mol. The van der Waals surface area contributed by atoms with E-state index in [4.69, 9.17) is 21.1 Å². The zero-order chi connectivity index (χ0) is 13.7. The van der Waals surface area contributed by atoms with Gasteiger partial charge >= 0.3 is 0 Å². The van der Waals surface area contributed by atoms with Crippen LogP contribution >= 0.6 is 11.6 Å². The van der Waals surface area contributed by atoms with Crippen LogP contribution in [0.15, 0.2) is 18.2 Å². The molecule has 2 rings (SSSR count). The standard InChI is InChI=1S/C14H18ClNO3/c1-18-14-8-10(2-3-12(14)15)13(17)9-19-11-4-6-16-7-5-11/h2-3,8,11,16H,4-7,9H2,1H3. The second-order valence-electron chi connectivity index (χ2n) is 4.53. The lowest BCUT2D eigenvalue weighted by Gasteiger charge is -2.22. The fourth-order valence-corrected chi connectivity index (χ4v) is 2.27. The molecule has 1 fully saturated rings. The lowest BCUT2D eigenvalue weighted by molar-refractivity contribution is 0.0317. The largest absolute Gasteiger partial charge is 0.495 e. The molecule has 104 valence electrons. The number of rotatable bonds is 5. The molecular weight excluding hydrogens is 266 g/mol. The Hall–Kier alpha value is -1.10. The van der Waals surface area contributed by atoms with Crippen molar-refractivity contribution in [1.82, 2.24) is 5.32 Å². The number of hydrogen-bond acceptors (Lipinski definition) is 4. The van der Waals surface area contributed by atoms with Crippen LogP contribution < -0.4 is 10.1 Å². The minimum atomic E-state index is -0.0477. The summed E-state index contributed by atoms with van der Waals surface area (Å²) in [5.41, 5.74) is 0.565. The zero-order valence-electron chi connectivity index (χ0n) is 10.9. The fraction of sp³-hybridized carbons (Fsp3) is 0.500. The van der Waals surface area contributed by atoms with E-state index in [9.17, 15) is 4.79 Å². The molecule has 1 aliphatic rings. The highest BCUT2D eigenvalue weighted by Crippen LogP contribution is 2.25. The van der Waals surface area contributed by atoms with Gasteiger partial charge in [-0.05, 0) is 44.1 Å². The molecule has 1 aromatic carbocycles. The number of carbonyl (C=O) groups excluding carboxylic acids is 1. The van der Waals surface area contributed by atoms with E-state index >= 15 is 0 Å². The number of benzene rings is 1. The molecule has 1 aliphatic heterocycles. The molecular formula is C14H18ClNO3. The molecule has 0 unspecified atom stereocenters. The van der Waals surface area contributed by atoms with Gasteiger partial charge in [-0.25, -0.2) is 0 Å². The van der Waals surface area contributed by atoms with E-state index in [0.717, 1.165) is 25.9 Å². The van der Waals surface area contributed by atoms with Gasteiger partial charge in [0.15, 0.2) is 5.78 Å². The van der Waals surface area contributed by atoms with Crippen molar-refractivity contribution >= 4 is 17.4 Å². The Morgan fingerprint density at radius 2 is 2.16 bits per heavy atom. The third-order valence-electron chi connectivity index (χ3n) is 3.21. The predicted octanol–water partition coefficient (Wildman–Crippen LogP) is 2.30. The Morgan fingerprint density at radius 1 is 1.42 bits per heavy atom. The third kappa shape index (κ3) is 3.93. The number of Topliss-reactive ketones (excluding diaryl/α,β-unsaturated/α-hetero) is 1. The molecule has 1 heterocycles. The van der Waals surface area contributed by atoms with Crippen molar-refractivity contribution in [2.75, 3.05) is 26.8 Å². The average Bonchev–Trinajstić information content (AvgIpc) is 2.46. The van der Waals surface area contributed by atoms with E-state index in [1.165, 1.54) is 7.11 Å². The maximum atomic E-state index is 12.0. The SMILES string of the molecule is COc1cc(C(=O)COC2CCNCC2)ccc1Cl. The highest BCUT2D eigenvalue weighted by Gasteiger charge is 2.16. The number of piperidine rings is 1. The van der Waals surface area contributed by atoms with Crippen LogP contribution in [0.4, 0.5) is 0 Å². The number of ether oxygens (including phenoxy) is 2. The molecule has 19 heavy (non-hydrogen) atoms. The molecule has 1 saturated heterocycles. The van der Waals surface area contributed by atoms with Gasteiger partial charge in [-0.2, -0.15) is 0 Å². The molecule has 0 saturated carbocycles. The quantitative estimate of drug-likeness (QED) is 0.843. The molecule has 0 bridgehead atoms. The topological polar surface area (TPSA) is 47.6 Å². The Bertz CT molecular complexity index is 444. The summed E-state index contributed by atoms with van der Waals surface area (Å²) in [5, 5.41) is 3.76. The number of hydrogen-bond donors (Lipinski definition) is 1. The van der Waals surface area contributed by atoms with Gasteiger partial charge in [-0.15, -0.1) is 0 Å². The van der Waals surface area contributed by atoms with E-state index < -0.39 is 0 Å². The summed E-state index contributed by atoms with van der Waals surface area (Å²) in [7, 11) is 1.53. The van der Waals surface area contributed by atoms with E-state index in [0.29, 0.717) is 16.3 Å². The zero-order valence-corrected chi connectivity index (χ0v) is 11.7. The predicted molar refractivity (Wildman–Crippen MR) is 74.2 cm³/mol. The van der Waals surface area contributed by atoms with Crippen molar-refractivity contribution < 1.29 is 14.3 Å². The van der Waals surface area contributed by atoms with Crippen LogP contribution in [0.25, 0.3) is 0 Å². The summed E-state index contributed by atoms with van der Waals surface area (Å²) in [4.78, 5) is 12.0. The van der Waals surface area contributed by atoms with E-state index in [2.05, 4.69) is 5.32 Å². The first-order valence-corrected chi connectivity index (χ1v) is 6.77. The van der Waals surface area contributed by atoms with Gasteiger partial charge in [0.25, 0.3) is 0 Å². The summed E-state index contributed by atoms with van der Waals surface area (Å²) in [6.45, 7) is 2.01. The van der Waals surface area contributed by atoms with Gasteiger partial charge in [0.05, 0.1) is 18.2 Å². The van der Waals surface area contributed by atoms with Gasteiger partial charge in [-0.3, -0.25) is 4.79 Å². The Balaban J connectivity index is 1.92. The number of nitrogens with one attached hydrogen (secondary N) is 1. The molecule has 0 aliphatic carbocycles. The van der Waals surface area contributed by atoms with Crippen molar-refractivity contribution in [2.45, 2.75) is 18.9 Å². The second kappa shape index (κ2) is 6.89. The minimum absolute atomic E-state index is 0.0477. The first-order chi connectivity index (χ1) is 9.20. The van der Waals surface area contributed by atoms with Crippen molar-refractivity contribution in [3.05, 3.63) is 28.8 Å². The molecule has 0 radical (unpaired) electrons. The molecule has 0 atom stereocenters. The van der Waals surface area contributed by atoms with Gasteiger partial charge in [-0.1, -0.05) is 11.6 Å². The molecule has 4 nitrogen and oxygen atoms in total. The lowest BCUT2D eigenvalue weighted by Crippen LogP contribution is -2.33. The minimum Gasteiger partial charge on any atom is -0.495 e. The fourth-order valence-electron chi connectivity index (χ4n) is 2.07. The van der Waals surface area contributed by atoms with Crippen LogP contribution in [0, 0.1) is 0 Å². The normalized spacial score (nSPS) is 16.3. The van der Waals surface area contributed by atoms with Crippen LogP contribution in [0.3, 0.4) is 0 Å². The highest BCUT2D eigenvalue weighted by molar-refractivity contribution is 6.32. The molecule has 1 aromatic rings. The van der Waals surface area contributed by atoms with Crippen LogP contribution in [0.1, 0.15) is 23.2 Å². The van der Waals surface area contributed by atoms with Crippen molar-refractivity contribution in [3.8, 4) is 5.75 Å². The van der Waals surface area contributed by atoms with Crippen LogP contribution in [-0.2, 0) is 4.74 Å². The van der Waals surface area contributed by atoms with Crippen LogP contribution in [0.2, 0.25) is 5.02 Å². The van der Waals surface area contributed by atoms with Gasteiger partial charge in [0.2, 0.25) is 0 Å². The van der Waals surface area contributed by atoms with E-state index in [1.54, 1.807) is 18.2 Å². The molecule has 1 N–H and O–H groups in total. The van der Waals surface area contributed by atoms with E-state index in [1.807, 2.05) is 0 Å². The summed E-state index contributed by atoms with van der Waals surface area (Å²) < 4.78 is 10.7. The number of halogens is 1. The van der Waals surface area contributed by atoms with Gasteiger partial charge in [0.1, 0.15) is 12.4 Å². The molecule has 5 heteroatoms. The Kier molecular flexibility index (Phi) is 5.19. The first kappa shape index (κ1) is 14.3. The summed E-state index contributed by atoms with van der Waals surface area (Å²) in [6.07, 6.45) is 2.09. The average molecular weight is 284 g/mol. The summed E-state index contributed by atoms with van der Waals surface area (Å²) in [5.74, 6) is 0.461. The van der Waals surface area contributed by atoms with E-state index in [-0.39, 0.29) is 18.5 Å². The smallest absolute Gasteiger partial charge is 0.188 e. The number of methoxy groups -OCH3 is 1. The molecule has 0 spiro atoms. The lowest BCUT2D eigenvalue weighted by atomic mass is 10.1. The van der Waals surface area contributed by atoms with Gasteiger partial charge in [0, 0.05) is 5.56 Å². The van der Waals surface area contributed by atoms with Gasteiger partial charge < -0.3 is 14.8 Å². The number of ketones is 1. The van der Waals surface area contributed by atoms with Crippen molar-refractivity contribution in [1.29, 1.82) is 0 Å². The Morgan fingerprint density at radius 3 is 2.84 bits per heavy atom. The van der Waals surface area contributed by atoms with Crippen molar-refractivity contribution in [3.63, 3.8) is 0 Å². The van der Waals surface area contributed by atoms with Crippen LogP contribution in [0.5, 0.6) is 5.75 Å². The highest BCUT2D eigenvalue weighted by atomic mass is 35.5. The maximum absolute atomic E-state index is 12.0. The number of carbonyl (C=O) groups is 1. The maximum Gasteiger partial charge on any atom is 0.188 e. The Labute approximate surface area is 118 Å².